The Balaban J connectivity index is 1.17. The Bertz CT molecular complexity index is 1380. The lowest BCUT2D eigenvalue weighted by Gasteiger charge is -2.41. The number of amides is 1. The van der Waals surface area contributed by atoms with Crippen molar-refractivity contribution < 1.29 is 9.53 Å². The summed E-state index contributed by atoms with van der Waals surface area (Å²) in [5, 5.41) is 1.57. The molecule has 1 amide bonds. The molecular formula is C28H23ClN2O2. The number of hydrogen-bond acceptors (Lipinski definition) is 2. The number of halogens is 1. The van der Waals surface area contributed by atoms with Crippen LogP contribution in [0.1, 0.15) is 28.9 Å². The molecule has 3 aromatic carbocycles. The van der Waals surface area contributed by atoms with Gasteiger partial charge in [-0.25, -0.2) is 0 Å². The molecular weight excluding hydrogens is 432 g/mol. The quantitative estimate of drug-likeness (QED) is 0.372. The molecule has 0 atom stereocenters. The summed E-state index contributed by atoms with van der Waals surface area (Å²) in [6.45, 7) is 1.29. The first-order valence-corrected chi connectivity index (χ1v) is 11.6. The van der Waals surface area contributed by atoms with Gasteiger partial charge in [-0.05, 0) is 41.5 Å². The molecule has 2 aliphatic heterocycles. The van der Waals surface area contributed by atoms with E-state index in [0.29, 0.717) is 23.8 Å². The largest absolute Gasteiger partial charge is 0.482 e. The summed E-state index contributed by atoms with van der Waals surface area (Å²) in [5.74, 6) is 0.909. The van der Waals surface area contributed by atoms with E-state index in [2.05, 4.69) is 59.6 Å². The summed E-state index contributed by atoms with van der Waals surface area (Å²) in [5.41, 5.74) is 4.49. The van der Waals surface area contributed by atoms with Crippen molar-refractivity contribution in [1.82, 2.24) is 9.88 Å². The van der Waals surface area contributed by atoms with Crippen LogP contribution < -0.4 is 4.74 Å². The van der Waals surface area contributed by atoms with Gasteiger partial charge in [0.05, 0.1) is 10.5 Å². The summed E-state index contributed by atoms with van der Waals surface area (Å²) < 4.78 is 6.50. The van der Waals surface area contributed by atoms with Crippen molar-refractivity contribution in [2.75, 3.05) is 13.1 Å². The van der Waals surface area contributed by atoms with E-state index in [9.17, 15) is 4.79 Å². The highest BCUT2D eigenvalue weighted by Gasteiger charge is 2.38. The van der Waals surface area contributed by atoms with Crippen molar-refractivity contribution in [2.24, 2.45) is 0 Å². The van der Waals surface area contributed by atoms with E-state index >= 15 is 0 Å². The number of H-pyrrole nitrogens is 1. The highest BCUT2D eigenvalue weighted by Crippen LogP contribution is 2.39. The van der Waals surface area contributed by atoms with Crippen molar-refractivity contribution in [1.29, 1.82) is 0 Å². The predicted molar refractivity (Wildman–Crippen MR) is 133 cm³/mol. The normalized spacial score (nSPS) is 16.6. The third-order valence-corrected chi connectivity index (χ3v) is 7.04. The van der Waals surface area contributed by atoms with E-state index in [-0.39, 0.29) is 11.5 Å². The van der Waals surface area contributed by atoms with Gasteiger partial charge >= 0.3 is 0 Å². The molecule has 1 spiro atoms. The highest BCUT2D eigenvalue weighted by atomic mass is 35.5. The Labute approximate surface area is 197 Å². The molecule has 0 bridgehead atoms. The number of aromatic nitrogens is 1. The van der Waals surface area contributed by atoms with Crippen LogP contribution in [0.3, 0.4) is 0 Å². The molecule has 0 radical (unpaired) electrons. The number of ether oxygens (including phenoxy) is 1. The first-order chi connectivity index (χ1) is 16.1. The molecule has 164 valence electrons. The Morgan fingerprint density at radius 3 is 2.55 bits per heavy atom. The van der Waals surface area contributed by atoms with Crippen LogP contribution >= 0.6 is 11.6 Å². The van der Waals surface area contributed by atoms with Gasteiger partial charge in [-0.1, -0.05) is 66.2 Å². The summed E-state index contributed by atoms with van der Waals surface area (Å²) in [7, 11) is 0. The van der Waals surface area contributed by atoms with Gasteiger partial charge in [-0.15, -0.1) is 0 Å². The van der Waals surface area contributed by atoms with Crippen LogP contribution in [0.15, 0.2) is 78.9 Å². The van der Waals surface area contributed by atoms with Crippen LogP contribution in [0.4, 0.5) is 0 Å². The Hall–Kier alpha value is -3.50. The number of aromatic amines is 1. The summed E-state index contributed by atoms with van der Waals surface area (Å²) >= 11 is 6.26. The molecule has 33 heavy (non-hydrogen) atoms. The standard InChI is InChI=1S/C28H23ClN2O2/c29-23-8-4-7-22-18-24(30-26(22)23)27(32)31-15-13-28(14-16-31)12-11-21-17-20(9-10-25(21)33-28)19-5-2-1-3-6-19/h1-12,17-18,30H,13-16H2. The first kappa shape index (κ1) is 20.1. The number of fused-ring (bicyclic) bond motifs is 2. The number of carbonyl (C=O) groups excluding carboxylic acids is 1. The molecule has 4 aromatic rings. The van der Waals surface area contributed by atoms with Gasteiger partial charge in [-0.3, -0.25) is 4.79 Å². The minimum Gasteiger partial charge on any atom is -0.482 e. The lowest BCUT2D eigenvalue weighted by molar-refractivity contribution is 0.0326. The topological polar surface area (TPSA) is 45.3 Å². The molecule has 1 saturated heterocycles. The monoisotopic (exact) mass is 454 g/mol. The van der Waals surface area contributed by atoms with E-state index < -0.39 is 0 Å². The molecule has 0 aliphatic carbocycles. The van der Waals surface area contributed by atoms with Gasteiger partial charge in [0, 0.05) is 36.9 Å². The maximum atomic E-state index is 13.1. The number of rotatable bonds is 2. The van der Waals surface area contributed by atoms with E-state index in [1.807, 2.05) is 35.2 Å². The summed E-state index contributed by atoms with van der Waals surface area (Å²) in [4.78, 5) is 18.2. The number of benzene rings is 3. The first-order valence-electron chi connectivity index (χ1n) is 11.2. The Morgan fingerprint density at radius 1 is 0.939 bits per heavy atom. The number of carbonyl (C=O) groups is 1. The van der Waals surface area contributed by atoms with E-state index in [0.717, 1.165) is 35.1 Å². The van der Waals surface area contributed by atoms with Crippen molar-refractivity contribution >= 4 is 34.5 Å². The molecule has 6 rings (SSSR count). The molecule has 1 fully saturated rings. The number of nitrogens with zero attached hydrogens (tertiary/aromatic N) is 1. The number of likely N-dealkylation sites (tertiary alicyclic amines) is 1. The van der Waals surface area contributed by atoms with Crippen LogP contribution in [0, 0.1) is 0 Å². The minimum absolute atomic E-state index is 0.00445. The van der Waals surface area contributed by atoms with Crippen LogP contribution in [0.5, 0.6) is 5.75 Å². The minimum atomic E-state index is -0.359. The van der Waals surface area contributed by atoms with Crippen LogP contribution in [-0.2, 0) is 0 Å². The predicted octanol–water partition coefficient (Wildman–Crippen LogP) is 6.57. The second kappa shape index (κ2) is 7.82. The van der Waals surface area contributed by atoms with Crippen molar-refractivity contribution in [3.05, 3.63) is 95.2 Å². The van der Waals surface area contributed by atoms with Gasteiger partial charge in [0.15, 0.2) is 0 Å². The fourth-order valence-corrected chi connectivity index (χ4v) is 5.07. The third kappa shape index (κ3) is 3.61. The van der Waals surface area contributed by atoms with Gasteiger partial charge in [0.25, 0.3) is 5.91 Å². The molecule has 1 aromatic heterocycles. The second-order valence-electron chi connectivity index (χ2n) is 8.80. The van der Waals surface area contributed by atoms with Crippen molar-refractivity contribution in [3.63, 3.8) is 0 Å². The number of hydrogen-bond donors (Lipinski definition) is 1. The molecule has 5 heteroatoms. The summed E-state index contributed by atoms with van der Waals surface area (Å²) in [6, 6.07) is 24.3. The molecule has 0 saturated carbocycles. The smallest absolute Gasteiger partial charge is 0.270 e. The van der Waals surface area contributed by atoms with E-state index in [1.165, 1.54) is 11.1 Å². The molecule has 3 heterocycles. The van der Waals surface area contributed by atoms with Crippen LogP contribution in [0.25, 0.3) is 28.1 Å². The third-order valence-electron chi connectivity index (χ3n) is 6.73. The van der Waals surface area contributed by atoms with Gasteiger partial charge in [0.2, 0.25) is 0 Å². The SMILES string of the molecule is O=C(c1cc2cccc(Cl)c2[nH]1)N1CCC2(C=Cc3cc(-c4ccccc4)ccc3O2)CC1. The van der Waals surface area contributed by atoms with E-state index in [1.54, 1.807) is 0 Å². The fourth-order valence-electron chi connectivity index (χ4n) is 4.84. The zero-order valence-corrected chi connectivity index (χ0v) is 18.8. The number of piperidine rings is 1. The maximum Gasteiger partial charge on any atom is 0.270 e. The highest BCUT2D eigenvalue weighted by molar-refractivity contribution is 6.35. The zero-order chi connectivity index (χ0) is 22.4. The van der Waals surface area contributed by atoms with E-state index in [4.69, 9.17) is 16.3 Å². The zero-order valence-electron chi connectivity index (χ0n) is 18.1. The lowest BCUT2D eigenvalue weighted by Crippen LogP contribution is -2.49. The van der Waals surface area contributed by atoms with Crippen molar-refractivity contribution in [3.8, 4) is 16.9 Å². The van der Waals surface area contributed by atoms with Crippen molar-refractivity contribution in [2.45, 2.75) is 18.4 Å². The lowest BCUT2D eigenvalue weighted by atomic mass is 9.87. The molecule has 4 nitrogen and oxygen atoms in total. The fraction of sp³-hybridized carbons (Fsp3) is 0.179. The molecule has 2 aliphatic rings. The number of para-hydroxylation sites is 1. The molecule has 0 unspecified atom stereocenters. The molecule has 1 N–H and O–H groups in total. The van der Waals surface area contributed by atoms with Gasteiger partial charge < -0.3 is 14.6 Å². The Kier molecular flexibility index (Phi) is 4.77. The van der Waals surface area contributed by atoms with Gasteiger partial charge in [0.1, 0.15) is 17.0 Å². The summed E-state index contributed by atoms with van der Waals surface area (Å²) in [6.07, 6.45) is 5.86. The van der Waals surface area contributed by atoms with Gasteiger partial charge in [-0.2, -0.15) is 0 Å². The second-order valence-corrected chi connectivity index (χ2v) is 9.21. The number of nitrogens with one attached hydrogen (secondary N) is 1. The average molecular weight is 455 g/mol. The Morgan fingerprint density at radius 2 is 1.76 bits per heavy atom. The average Bonchev–Trinajstić information content (AvgIpc) is 3.30. The van der Waals surface area contributed by atoms with Crippen LogP contribution in [-0.4, -0.2) is 34.5 Å². The van der Waals surface area contributed by atoms with Crippen LogP contribution in [0.2, 0.25) is 5.02 Å². The maximum absolute atomic E-state index is 13.1.